The summed E-state index contributed by atoms with van der Waals surface area (Å²) in [5.74, 6) is 1.19. The third-order valence-electron chi connectivity index (χ3n) is 5.63. The molecule has 0 aromatic heterocycles. The molecule has 0 radical (unpaired) electrons. The molecule has 3 aliphatic rings. The lowest BCUT2D eigenvalue weighted by atomic mass is 10.1. The van der Waals surface area contributed by atoms with Gasteiger partial charge in [0.2, 0.25) is 0 Å². The van der Waals surface area contributed by atoms with Crippen molar-refractivity contribution in [2.75, 3.05) is 26.3 Å². The van der Waals surface area contributed by atoms with Crippen LogP contribution in [0.5, 0.6) is 0 Å². The molecule has 2 aliphatic carbocycles. The molecule has 23 heavy (non-hydrogen) atoms. The maximum Gasteiger partial charge on any atom is 0.194 e. The summed E-state index contributed by atoms with van der Waals surface area (Å²) in [7, 11) is 0. The van der Waals surface area contributed by atoms with Crippen LogP contribution in [-0.2, 0) is 4.74 Å². The fourth-order valence-corrected chi connectivity index (χ4v) is 4.15. The van der Waals surface area contributed by atoms with E-state index in [1.165, 1.54) is 83.0 Å². The third kappa shape index (κ3) is 5.66. The third-order valence-corrected chi connectivity index (χ3v) is 5.63. The molecule has 0 bridgehead atoms. The molecule has 0 atom stereocenters. The van der Waals surface area contributed by atoms with E-state index in [1.54, 1.807) is 0 Å². The van der Waals surface area contributed by atoms with Gasteiger partial charge in [0.25, 0.3) is 0 Å². The van der Waals surface area contributed by atoms with Gasteiger partial charge < -0.3 is 15.0 Å². The van der Waals surface area contributed by atoms with Crippen LogP contribution >= 0.6 is 0 Å². The lowest BCUT2D eigenvalue weighted by molar-refractivity contribution is 0.0658. The van der Waals surface area contributed by atoms with Crippen molar-refractivity contribution >= 4 is 5.96 Å². The monoisotopic (exact) mass is 321 g/mol. The van der Waals surface area contributed by atoms with Crippen LogP contribution in [0.25, 0.3) is 0 Å². The zero-order valence-corrected chi connectivity index (χ0v) is 14.8. The number of aliphatic imine (C=N–C) groups is 1. The second-order valence-corrected chi connectivity index (χ2v) is 7.53. The Bertz CT molecular complexity index is 350. The Balaban J connectivity index is 1.66. The summed E-state index contributed by atoms with van der Waals surface area (Å²) >= 11 is 0. The molecule has 0 aromatic carbocycles. The number of rotatable bonds is 2. The first-order chi connectivity index (χ1) is 11.4. The van der Waals surface area contributed by atoms with Gasteiger partial charge in [-0.25, -0.2) is 4.99 Å². The van der Waals surface area contributed by atoms with Crippen LogP contribution in [0, 0.1) is 0 Å². The molecular formula is C19H35N3O. The van der Waals surface area contributed by atoms with Gasteiger partial charge in [0, 0.05) is 19.1 Å². The van der Waals surface area contributed by atoms with Crippen LogP contribution in [0.1, 0.15) is 77.0 Å². The highest BCUT2D eigenvalue weighted by atomic mass is 16.5. The van der Waals surface area contributed by atoms with Gasteiger partial charge in [-0.2, -0.15) is 0 Å². The molecule has 4 nitrogen and oxygen atoms in total. The number of morpholine rings is 1. The number of nitrogens with one attached hydrogen (secondary N) is 1. The lowest BCUT2D eigenvalue weighted by Crippen LogP contribution is -2.50. The largest absolute Gasteiger partial charge is 0.378 e. The first-order valence-electron chi connectivity index (χ1n) is 10.1. The maximum absolute atomic E-state index is 5.55. The van der Waals surface area contributed by atoms with E-state index in [2.05, 4.69) is 10.2 Å². The number of nitrogens with zero attached hydrogens (tertiary/aromatic N) is 2. The zero-order chi connectivity index (χ0) is 15.7. The number of hydrogen-bond acceptors (Lipinski definition) is 2. The van der Waals surface area contributed by atoms with E-state index in [9.17, 15) is 0 Å². The average Bonchev–Trinajstić information content (AvgIpc) is 3.00. The summed E-state index contributed by atoms with van der Waals surface area (Å²) in [6, 6.07) is 1.17. The minimum Gasteiger partial charge on any atom is -0.378 e. The number of guanidine groups is 1. The molecule has 1 saturated heterocycles. The molecule has 2 saturated carbocycles. The van der Waals surface area contributed by atoms with Gasteiger partial charge in [0.05, 0.1) is 19.3 Å². The quantitative estimate of drug-likeness (QED) is 0.478. The number of hydrogen-bond donors (Lipinski definition) is 1. The molecule has 3 rings (SSSR count). The predicted molar refractivity (Wildman–Crippen MR) is 95.9 cm³/mol. The Morgan fingerprint density at radius 3 is 1.96 bits per heavy atom. The van der Waals surface area contributed by atoms with E-state index in [0.29, 0.717) is 12.1 Å². The van der Waals surface area contributed by atoms with Crippen molar-refractivity contribution in [3.05, 3.63) is 0 Å². The Hall–Kier alpha value is -0.770. The highest BCUT2D eigenvalue weighted by Gasteiger charge is 2.21. The van der Waals surface area contributed by atoms with Gasteiger partial charge >= 0.3 is 0 Å². The van der Waals surface area contributed by atoms with Gasteiger partial charge in [-0.1, -0.05) is 51.4 Å². The van der Waals surface area contributed by atoms with Crippen LogP contribution in [-0.4, -0.2) is 49.2 Å². The summed E-state index contributed by atoms with van der Waals surface area (Å²) in [5, 5.41) is 3.85. The second-order valence-electron chi connectivity index (χ2n) is 7.53. The second kappa shape index (κ2) is 9.51. The highest BCUT2D eigenvalue weighted by Crippen LogP contribution is 2.21. The minimum absolute atomic E-state index is 0.536. The molecule has 132 valence electrons. The lowest BCUT2D eigenvalue weighted by Gasteiger charge is -2.33. The van der Waals surface area contributed by atoms with E-state index < -0.39 is 0 Å². The van der Waals surface area contributed by atoms with Gasteiger partial charge in [0.1, 0.15) is 0 Å². The molecule has 0 unspecified atom stereocenters. The molecule has 1 aliphatic heterocycles. The molecular weight excluding hydrogens is 286 g/mol. The molecule has 0 spiro atoms. The Morgan fingerprint density at radius 2 is 1.35 bits per heavy atom. The van der Waals surface area contributed by atoms with Crippen molar-refractivity contribution in [2.24, 2.45) is 4.99 Å². The van der Waals surface area contributed by atoms with E-state index in [1.807, 2.05) is 0 Å². The highest BCUT2D eigenvalue weighted by molar-refractivity contribution is 5.80. The van der Waals surface area contributed by atoms with Gasteiger partial charge in [-0.3, -0.25) is 0 Å². The maximum atomic E-state index is 5.55. The summed E-state index contributed by atoms with van der Waals surface area (Å²) in [5.41, 5.74) is 0. The topological polar surface area (TPSA) is 36.9 Å². The van der Waals surface area contributed by atoms with Crippen LogP contribution in [0.15, 0.2) is 4.99 Å². The van der Waals surface area contributed by atoms with Crippen molar-refractivity contribution in [2.45, 2.75) is 89.1 Å². The molecule has 0 amide bonds. The van der Waals surface area contributed by atoms with Gasteiger partial charge in [-0.15, -0.1) is 0 Å². The molecule has 1 N–H and O–H groups in total. The van der Waals surface area contributed by atoms with Crippen molar-refractivity contribution < 1.29 is 4.74 Å². The van der Waals surface area contributed by atoms with E-state index in [0.717, 1.165) is 26.3 Å². The van der Waals surface area contributed by atoms with Crippen molar-refractivity contribution in [3.63, 3.8) is 0 Å². The van der Waals surface area contributed by atoms with Crippen LogP contribution in [0.2, 0.25) is 0 Å². The zero-order valence-electron chi connectivity index (χ0n) is 14.8. The summed E-state index contributed by atoms with van der Waals surface area (Å²) in [4.78, 5) is 7.66. The fourth-order valence-electron chi connectivity index (χ4n) is 4.15. The van der Waals surface area contributed by atoms with Gasteiger partial charge in [-0.05, 0) is 25.7 Å². The Labute approximate surface area is 142 Å². The van der Waals surface area contributed by atoms with E-state index >= 15 is 0 Å². The summed E-state index contributed by atoms with van der Waals surface area (Å²) in [6.45, 7) is 3.67. The summed E-state index contributed by atoms with van der Waals surface area (Å²) < 4.78 is 5.55. The van der Waals surface area contributed by atoms with Gasteiger partial charge in [0.15, 0.2) is 5.96 Å². The normalized spacial score (nSPS) is 26.6. The van der Waals surface area contributed by atoms with E-state index in [-0.39, 0.29) is 0 Å². The predicted octanol–water partition coefficient (Wildman–Crippen LogP) is 3.71. The van der Waals surface area contributed by atoms with Crippen LogP contribution < -0.4 is 5.32 Å². The Morgan fingerprint density at radius 1 is 0.783 bits per heavy atom. The van der Waals surface area contributed by atoms with Crippen molar-refractivity contribution in [3.8, 4) is 0 Å². The SMILES string of the molecule is C1CCCC(N=C(NC2CCCCCC2)N2CCOCC2)CC1. The van der Waals surface area contributed by atoms with E-state index in [4.69, 9.17) is 9.73 Å². The summed E-state index contributed by atoms with van der Waals surface area (Å²) in [6.07, 6.45) is 16.2. The standard InChI is InChI=1S/C19H35N3O/c1-2-6-10-17(9-5-1)20-19(22-13-15-23-16-14-22)21-18-11-7-3-4-8-12-18/h17-18H,1-16H2,(H,20,21). The molecule has 3 fully saturated rings. The molecule has 1 heterocycles. The smallest absolute Gasteiger partial charge is 0.194 e. The minimum atomic E-state index is 0.536. The van der Waals surface area contributed by atoms with Crippen molar-refractivity contribution in [1.82, 2.24) is 10.2 Å². The Kier molecular flexibility index (Phi) is 7.05. The van der Waals surface area contributed by atoms with Crippen molar-refractivity contribution in [1.29, 1.82) is 0 Å². The number of ether oxygens (including phenoxy) is 1. The molecule has 0 aromatic rings. The van der Waals surface area contributed by atoms with Crippen LogP contribution in [0.4, 0.5) is 0 Å². The first-order valence-corrected chi connectivity index (χ1v) is 10.1. The fraction of sp³-hybridized carbons (Fsp3) is 0.947. The first kappa shape index (κ1) is 17.1. The average molecular weight is 322 g/mol. The van der Waals surface area contributed by atoms with Crippen LogP contribution in [0.3, 0.4) is 0 Å². The molecule has 4 heteroatoms.